The number of hydrogen-bond donors (Lipinski definition) is 0. The predicted molar refractivity (Wildman–Crippen MR) is 118 cm³/mol. The second kappa shape index (κ2) is 10.4. The van der Waals surface area contributed by atoms with Crippen LogP contribution in [0.1, 0.15) is 29.8 Å². The highest BCUT2D eigenvalue weighted by Crippen LogP contribution is 2.20. The lowest BCUT2D eigenvalue weighted by Gasteiger charge is -2.06. The number of rotatable bonds is 7. The van der Waals surface area contributed by atoms with Crippen molar-refractivity contribution < 1.29 is 23.9 Å². The Morgan fingerprint density at radius 2 is 1.74 bits per heavy atom. The number of benzene rings is 2. The fourth-order valence-corrected chi connectivity index (χ4v) is 4.12. The smallest absolute Gasteiger partial charge is 0.338 e. The second-order valence-electron chi connectivity index (χ2n) is 6.49. The monoisotopic (exact) mass is 460 g/mol. The van der Waals surface area contributed by atoms with Crippen LogP contribution in [0.25, 0.3) is 10.2 Å². The zero-order valence-corrected chi connectivity index (χ0v) is 18.7. The van der Waals surface area contributed by atoms with Crippen LogP contribution in [0, 0.1) is 0 Å². The molecule has 9 heteroatoms. The summed E-state index contributed by atoms with van der Waals surface area (Å²) in [4.78, 5) is 41.3. The van der Waals surface area contributed by atoms with Gasteiger partial charge < -0.3 is 14.0 Å². The van der Waals surface area contributed by atoms with Crippen LogP contribution < -0.4 is 4.80 Å². The van der Waals surface area contributed by atoms with Crippen molar-refractivity contribution in [3.8, 4) is 0 Å². The van der Waals surface area contributed by atoms with Crippen LogP contribution in [0.15, 0.2) is 47.5 Å². The van der Waals surface area contributed by atoms with Crippen molar-refractivity contribution in [3.05, 3.63) is 63.4 Å². The van der Waals surface area contributed by atoms with Gasteiger partial charge in [-0.25, -0.2) is 4.79 Å². The van der Waals surface area contributed by atoms with E-state index < -0.39 is 11.9 Å². The van der Waals surface area contributed by atoms with Crippen molar-refractivity contribution >= 4 is 51.0 Å². The maximum atomic E-state index is 12.6. The van der Waals surface area contributed by atoms with E-state index in [9.17, 15) is 14.4 Å². The molecule has 0 atom stereocenters. The van der Waals surface area contributed by atoms with E-state index in [1.54, 1.807) is 60.9 Å². The van der Waals surface area contributed by atoms with E-state index in [-0.39, 0.29) is 32.1 Å². The number of hydrogen-bond acceptors (Lipinski definition) is 6. The fraction of sp³-hybridized carbons (Fsp3) is 0.273. The Morgan fingerprint density at radius 1 is 1.03 bits per heavy atom. The Hall–Kier alpha value is -2.97. The standard InChI is InChI=1S/C22H21ClN2O5S/c1-3-29-20(27)13-25-17-10-7-15(21(28)30-4-2)12-18(17)31-22(25)24-19(26)11-14-5-8-16(23)9-6-14/h5-10,12H,3-4,11,13H2,1-2H3. The van der Waals surface area contributed by atoms with E-state index in [1.807, 2.05) is 0 Å². The molecule has 3 aromatic rings. The molecule has 1 aromatic heterocycles. The molecule has 162 valence electrons. The average molecular weight is 461 g/mol. The number of carbonyl (C=O) groups is 3. The molecule has 0 N–H and O–H groups in total. The third-order valence-corrected chi connectivity index (χ3v) is 5.57. The Labute approximate surface area is 187 Å². The molecule has 0 fully saturated rings. The molecule has 0 aliphatic heterocycles. The van der Waals surface area contributed by atoms with E-state index in [4.69, 9.17) is 21.1 Å². The first-order chi connectivity index (χ1) is 14.9. The van der Waals surface area contributed by atoms with Crippen molar-refractivity contribution in [3.63, 3.8) is 0 Å². The van der Waals surface area contributed by atoms with Gasteiger partial charge in [0.05, 0.1) is 35.4 Å². The van der Waals surface area contributed by atoms with Gasteiger partial charge in [-0.1, -0.05) is 35.1 Å². The van der Waals surface area contributed by atoms with Gasteiger partial charge in [-0.05, 0) is 49.7 Å². The van der Waals surface area contributed by atoms with Gasteiger partial charge in [0.2, 0.25) is 0 Å². The molecular weight excluding hydrogens is 440 g/mol. The van der Waals surface area contributed by atoms with Crippen molar-refractivity contribution in [2.45, 2.75) is 26.8 Å². The van der Waals surface area contributed by atoms with Crippen LogP contribution in [0.2, 0.25) is 5.02 Å². The molecule has 2 aromatic carbocycles. The number of ether oxygens (including phenoxy) is 2. The molecule has 0 saturated heterocycles. The fourth-order valence-electron chi connectivity index (χ4n) is 2.91. The summed E-state index contributed by atoms with van der Waals surface area (Å²) in [5.41, 5.74) is 1.84. The Bertz CT molecular complexity index is 1180. The third kappa shape index (κ3) is 5.80. The maximum Gasteiger partial charge on any atom is 0.338 e. The first-order valence-electron chi connectivity index (χ1n) is 9.69. The first kappa shape index (κ1) is 22.7. The maximum absolute atomic E-state index is 12.6. The molecule has 0 radical (unpaired) electrons. The summed E-state index contributed by atoms with van der Waals surface area (Å²) >= 11 is 7.10. The highest BCUT2D eigenvalue weighted by atomic mass is 35.5. The van der Waals surface area contributed by atoms with Gasteiger partial charge in [-0.15, -0.1) is 0 Å². The molecule has 0 bridgehead atoms. The molecule has 0 unspecified atom stereocenters. The van der Waals surface area contributed by atoms with Crippen molar-refractivity contribution in [1.82, 2.24) is 4.57 Å². The van der Waals surface area contributed by atoms with Gasteiger partial charge >= 0.3 is 11.9 Å². The van der Waals surface area contributed by atoms with E-state index in [0.717, 1.165) is 5.56 Å². The Balaban J connectivity index is 2.00. The number of amides is 1. The largest absolute Gasteiger partial charge is 0.465 e. The number of fused-ring (bicyclic) bond motifs is 1. The molecule has 31 heavy (non-hydrogen) atoms. The van der Waals surface area contributed by atoms with Crippen LogP contribution in [0.3, 0.4) is 0 Å². The number of nitrogens with zero attached hydrogens (tertiary/aromatic N) is 2. The summed E-state index contributed by atoms with van der Waals surface area (Å²) in [7, 11) is 0. The van der Waals surface area contributed by atoms with Gasteiger partial charge in [0.25, 0.3) is 5.91 Å². The van der Waals surface area contributed by atoms with Gasteiger partial charge in [0.15, 0.2) is 4.80 Å². The Morgan fingerprint density at radius 3 is 2.42 bits per heavy atom. The van der Waals surface area contributed by atoms with E-state index in [1.165, 1.54) is 11.3 Å². The molecule has 1 amide bonds. The minimum Gasteiger partial charge on any atom is -0.465 e. The summed E-state index contributed by atoms with van der Waals surface area (Å²) < 4.78 is 12.4. The third-order valence-electron chi connectivity index (χ3n) is 4.28. The zero-order valence-electron chi connectivity index (χ0n) is 17.1. The summed E-state index contributed by atoms with van der Waals surface area (Å²) in [5, 5.41) is 0.585. The highest BCUT2D eigenvalue weighted by molar-refractivity contribution is 7.16. The van der Waals surface area contributed by atoms with Crippen LogP contribution in [-0.2, 0) is 32.0 Å². The van der Waals surface area contributed by atoms with E-state index >= 15 is 0 Å². The average Bonchev–Trinajstić information content (AvgIpc) is 3.06. The van der Waals surface area contributed by atoms with E-state index in [2.05, 4.69) is 4.99 Å². The molecule has 7 nitrogen and oxygen atoms in total. The molecule has 1 heterocycles. The molecular formula is C22H21ClN2O5S. The van der Waals surface area contributed by atoms with Crippen LogP contribution in [0.4, 0.5) is 0 Å². The highest BCUT2D eigenvalue weighted by Gasteiger charge is 2.15. The van der Waals surface area contributed by atoms with Crippen molar-refractivity contribution in [2.24, 2.45) is 4.99 Å². The van der Waals surface area contributed by atoms with Crippen molar-refractivity contribution in [2.75, 3.05) is 13.2 Å². The minimum absolute atomic E-state index is 0.0961. The number of carbonyl (C=O) groups excluding carboxylic acids is 3. The topological polar surface area (TPSA) is 87.0 Å². The lowest BCUT2D eigenvalue weighted by atomic mass is 10.1. The molecule has 0 spiro atoms. The molecule has 0 aliphatic carbocycles. The number of esters is 2. The zero-order chi connectivity index (χ0) is 22.4. The van der Waals surface area contributed by atoms with Gasteiger partial charge in [0.1, 0.15) is 6.54 Å². The number of thiazole rings is 1. The summed E-state index contributed by atoms with van der Waals surface area (Å²) in [5.74, 6) is -1.24. The van der Waals surface area contributed by atoms with Gasteiger partial charge in [-0.3, -0.25) is 9.59 Å². The van der Waals surface area contributed by atoms with Crippen LogP contribution in [-0.4, -0.2) is 35.6 Å². The molecule has 0 saturated carbocycles. The van der Waals surface area contributed by atoms with Crippen LogP contribution >= 0.6 is 22.9 Å². The summed E-state index contributed by atoms with van der Waals surface area (Å²) in [6.45, 7) is 3.87. The van der Waals surface area contributed by atoms with Gasteiger partial charge in [0, 0.05) is 5.02 Å². The lowest BCUT2D eigenvalue weighted by molar-refractivity contribution is -0.143. The lowest BCUT2D eigenvalue weighted by Crippen LogP contribution is -2.23. The molecule has 0 aliphatic rings. The number of halogens is 1. The predicted octanol–water partition coefficient (Wildman–Crippen LogP) is 3.77. The second-order valence-corrected chi connectivity index (χ2v) is 7.93. The summed E-state index contributed by atoms with van der Waals surface area (Å²) in [6, 6.07) is 11.9. The normalized spacial score (nSPS) is 11.5. The van der Waals surface area contributed by atoms with E-state index in [0.29, 0.717) is 25.6 Å². The number of aromatic nitrogens is 1. The van der Waals surface area contributed by atoms with Crippen molar-refractivity contribution in [1.29, 1.82) is 0 Å². The van der Waals surface area contributed by atoms with Crippen LogP contribution in [0.5, 0.6) is 0 Å². The summed E-state index contributed by atoms with van der Waals surface area (Å²) in [6.07, 6.45) is 0.0961. The minimum atomic E-state index is -0.441. The molecule has 3 rings (SSSR count). The first-order valence-corrected chi connectivity index (χ1v) is 10.9. The van der Waals surface area contributed by atoms with Gasteiger partial charge in [-0.2, -0.15) is 4.99 Å². The Kier molecular flexibility index (Phi) is 7.59. The SMILES string of the molecule is CCOC(=O)Cn1c(=NC(=O)Cc2ccc(Cl)cc2)sc2cc(C(=O)OCC)ccc21. The quantitative estimate of drug-likeness (QED) is 0.501.